The maximum Gasteiger partial charge on any atom is 0.142 e. The molecule has 3 rings (SSSR count). The molecule has 92 valence electrons. The van der Waals surface area contributed by atoms with Crippen molar-refractivity contribution in [1.82, 2.24) is 0 Å². The number of fused-ring (bicyclic) bond motifs is 1. The van der Waals surface area contributed by atoms with Gasteiger partial charge in [0.1, 0.15) is 6.17 Å². The predicted octanol–water partition coefficient (Wildman–Crippen LogP) is 2.82. The number of benzene rings is 2. The van der Waals surface area contributed by atoms with E-state index in [0.29, 0.717) is 0 Å². The van der Waals surface area contributed by atoms with E-state index in [1.165, 1.54) is 16.8 Å². The fourth-order valence-corrected chi connectivity index (χ4v) is 2.55. The molecule has 1 aliphatic heterocycles. The van der Waals surface area contributed by atoms with Crippen LogP contribution in [0.3, 0.4) is 0 Å². The average molecular weight is 239 g/mol. The zero-order valence-corrected chi connectivity index (χ0v) is 10.7. The molecule has 0 fully saturated rings. The SMILES string of the molecule is Cc1ccc(C2N(C)c3ccccc3N2N)cc1. The molecule has 0 radical (unpaired) electrons. The van der Waals surface area contributed by atoms with Crippen LogP contribution in [0.1, 0.15) is 17.3 Å². The number of anilines is 2. The Morgan fingerprint density at radius 1 is 0.944 bits per heavy atom. The lowest BCUT2D eigenvalue weighted by atomic mass is 10.1. The van der Waals surface area contributed by atoms with Crippen molar-refractivity contribution < 1.29 is 0 Å². The minimum Gasteiger partial charge on any atom is -0.348 e. The fourth-order valence-electron chi connectivity index (χ4n) is 2.55. The van der Waals surface area contributed by atoms with Gasteiger partial charge in [0.25, 0.3) is 0 Å². The van der Waals surface area contributed by atoms with Crippen LogP contribution in [0.5, 0.6) is 0 Å². The van der Waals surface area contributed by atoms with Crippen molar-refractivity contribution in [3.63, 3.8) is 0 Å². The van der Waals surface area contributed by atoms with E-state index in [1.54, 1.807) is 0 Å². The summed E-state index contributed by atoms with van der Waals surface area (Å²) in [5.41, 5.74) is 4.72. The Morgan fingerprint density at radius 3 is 2.17 bits per heavy atom. The summed E-state index contributed by atoms with van der Waals surface area (Å²) in [5, 5.41) is 1.83. The van der Waals surface area contributed by atoms with Gasteiger partial charge in [0, 0.05) is 7.05 Å². The molecule has 0 spiro atoms. The number of rotatable bonds is 1. The van der Waals surface area contributed by atoms with Gasteiger partial charge in [-0.3, -0.25) is 5.01 Å². The molecule has 3 nitrogen and oxygen atoms in total. The summed E-state index contributed by atoms with van der Waals surface area (Å²) in [6.45, 7) is 2.09. The minimum atomic E-state index is 0.0722. The number of aryl methyl sites for hydroxylation is 1. The Morgan fingerprint density at radius 2 is 1.56 bits per heavy atom. The number of hydrazine groups is 1. The van der Waals surface area contributed by atoms with Gasteiger partial charge < -0.3 is 4.90 Å². The first-order valence-corrected chi connectivity index (χ1v) is 6.11. The van der Waals surface area contributed by atoms with E-state index in [0.717, 1.165) is 5.69 Å². The van der Waals surface area contributed by atoms with Gasteiger partial charge in [-0.05, 0) is 24.6 Å². The lowest BCUT2D eigenvalue weighted by molar-refractivity contribution is 0.663. The van der Waals surface area contributed by atoms with Crippen LogP contribution in [0.15, 0.2) is 48.5 Å². The minimum absolute atomic E-state index is 0.0722. The smallest absolute Gasteiger partial charge is 0.142 e. The van der Waals surface area contributed by atoms with Crippen LogP contribution in [0.4, 0.5) is 11.4 Å². The number of para-hydroxylation sites is 2. The first-order valence-electron chi connectivity index (χ1n) is 6.11. The zero-order valence-electron chi connectivity index (χ0n) is 10.7. The molecule has 1 unspecified atom stereocenters. The van der Waals surface area contributed by atoms with E-state index in [-0.39, 0.29) is 6.17 Å². The van der Waals surface area contributed by atoms with Crippen molar-refractivity contribution in [3.8, 4) is 0 Å². The average Bonchev–Trinajstić information content (AvgIpc) is 2.64. The number of hydrogen-bond acceptors (Lipinski definition) is 3. The number of nitrogens with zero attached hydrogens (tertiary/aromatic N) is 2. The van der Waals surface area contributed by atoms with Gasteiger partial charge in [0.05, 0.1) is 11.4 Å². The van der Waals surface area contributed by atoms with Crippen molar-refractivity contribution in [2.75, 3.05) is 17.0 Å². The molecule has 1 aliphatic rings. The van der Waals surface area contributed by atoms with Crippen molar-refractivity contribution in [3.05, 3.63) is 59.7 Å². The molecule has 0 aliphatic carbocycles. The van der Waals surface area contributed by atoms with Crippen LogP contribution in [0, 0.1) is 6.92 Å². The third kappa shape index (κ3) is 1.56. The molecule has 2 aromatic carbocycles. The van der Waals surface area contributed by atoms with Gasteiger partial charge in [-0.25, -0.2) is 5.84 Å². The summed E-state index contributed by atoms with van der Waals surface area (Å²) >= 11 is 0. The van der Waals surface area contributed by atoms with Crippen LogP contribution in [-0.2, 0) is 0 Å². The Balaban J connectivity index is 2.03. The topological polar surface area (TPSA) is 32.5 Å². The Bertz CT molecular complexity index is 533. The highest BCUT2D eigenvalue weighted by atomic mass is 15.5. The normalized spacial score (nSPS) is 18.1. The van der Waals surface area contributed by atoms with Crippen molar-refractivity contribution in [1.29, 1.82) is 0 Å². The summed E-state index contributed by atoms with van der Waals surface area (Å²) in [5.74, 6) is 6.24. The molecule has 0 aromatic heterocycles. The molecule has 2 N–H and O–H groups in total. The summed E-state index contributed by atoms with van der Waals surface area (Å²) in [7, 11) is 2.08. The maximum atomic E-state index is 6.24. The quantitative estimate of drug-likeness (QED) is 0.777. The molecule has 0 amide bonds. The third-order valence-electron chi connectivity index (χ3n) is 3.55. The molecule has 0 saturated heterocycles. The second-order valence-corrected chi connectivity index (χ2v) is 4.79. The van der Waals surface area contributed by atoms with Crippen molar-refractivity contribution in [2.45, 2.75) is 13.1 Å². The molecule has 18 heavy (non-hydrogen) atoms. The van der Waals surface area contributed by atoms with Gasteiger partial charge in [-0.2, -0.15) is 0 Å². The molecule has 0 bridgehead atoms. The first kappa shape index (κ1) is 11.1. The highest BCUT2D eigenvalue weighted by Crippen LogP contribution is 2.42. The summed E-state index contributed by atoms with van der Waals surface area (Å²) in [4.78, 5) is 2.21. The highest BCUT2D eigenvalue weighted by molar-refractivity contribution is 5.77. The number of nitrogens with two attached hydrogens (primary N) is 1. The van der Waals surface area contributed by atoms with E-state index in [1.807, 2.05) is 17.1 Å². The van der Waals surface area contributed by atoms with Crippen LogP contribution in [-0.4, -0.2) is 7.05 Å². The monoisotopic (exact) mass is 239 g/mol. The molecule has 3 heteroatoms. The molecular weight excluding hydrogens is 222 g/mol. The largest absolute Gasteiger partial charge is 0.348 e. The van der Waals surface area contributed by atoms with Gasteiger partial charge in [0.2, 0.25) is 0 Å². The van der Waals surface area contributed by atoms with E-state index in [9.17, 15) is 0 Å². The second-order valence-electron chi connectivity index (χ2n) is 4.79. The number of hydrogen-bond donors (Lipinski definition) is 1. The standard InChI is InChI=1S/C15H17N3/c1-11-7-9-12(10-8-11)15-17(2)13-5-3-4-6-14(13)18(15)16/h3-10,15H,16H2,1-2H3. The van der Waals surface area contributed by atoms with E-state index in [2.05, 4.69) is 55.3 Å². The fraction of sp³-hybridized carbons (Fsp3) is 0.200. The zero-order chi connectivity index (χ0) is 12.7. The molecular formula is C15H17N3. The van der Waals surface area contributed by atoms with Crippen molar-refractivity contribution in [2.24, 2.45) is 5.84 Å². The van der Waals surface area contributed by atoms with Crippen LogP contribution in [0.2, 0.25) is 0 Å². The van der Waals surface area contributed by atoms with E-state index >= 15 is 0 Å². The lowest BCUT2D eigenvalue weighted by Gasteiger charge is -2.27. The molecule has 1 heterocycles. The van der Waals surface area contributed by atoms with Gasteiger partial charge in [-0.1, -0.05) is 42.0 Å². The van der Waals surface area contributed by atoms with Crippen LogP contribution >= 0.6 is 0 Å². The highest BCUT2D eigenvalue weighted by Gasteiger charge is 2.32. The Labute approximate surface area is 107 Å². The Kier molecular flexibility index (Phi) is 2.49. The van der Waals surface area contributed by atoms with Gasteiger partial charge in [0.15, 0.2) is 0 Å². The molecule has 2 aromatic rings. The summed E-state index contributed by atoms with van der Waals surface area (Å²) in [6.07, 6.45) is 0.0722. The van der Waals surface area contributed by atoms with E-state index in [4.69, 9.17) is 5.84 Å². The molecule has 1 atom stereocenters. The van der Waals surface area contributed by atoms with Gasteiger partial charge >= 0.3 is 0 Å². The second kappa shape index (κ2) is 4.03. The van der Waals surface area contributed by atoms with Crippen LogP contribution in [0.25, 0.3) is 0 Å². The van der Waals surface area contributed by atoms with Crippen molar-refractivity contribution >= 4 is 11.4 Å². The lowest BCUT2D eigenvalue weighted by Crippen LogP contribution is -2.38. The maximum absolute atomic E-state index is 6.24. The first-order chi connectivity index (χ1) is 8.68. The Hall–Kier alpha value is -2.00. The van der Waals surface area contributed by atoms with Crippen LogP contribution < -0.4 is 15.8 Å². The summed E-state index contributed by atoms with van der Waals surface area (Å²) in [6, 6.07) is 16.7. The third-order valence-corrected chi connectivity index (χ3v) is 3.55. The van der Waals surface area contributed by atoms with E-state index < -0.39 is 0 Å². The molecule has 0 saturated carbocycles. The predicted molar refractivity (Wildman–Crippen MR) is 75.4 cm³/mol. The summed E-state index contributed by atoms with van der Waals surface area (Å²) < 4.78 is 0. The van der Waals surface area contributed by atoms with Gasteiger partial charge in [-0.15, -0.1) is 0 Å².